The molecule has 0 aliphatic rings. The molecule has 0 bridgehead atoms. The van der Waals surface area contributed by atoms with Gasteiger partial charge < -0.3 is 9.84 Å². The van der Waals surface area contributed by atoms with Crippen LogP contribution in [0.25, 0.3) is 10.8 Å². The Kier molecular flexibility index (Phi) is 6.32. The van der Waals surface area contributed by atoms with Crippen LogP contribution in [0.5, 0.6) is 5.75 Å². The van der Waals surface area contributed by atoms with E-state index in [1.807, 2.05) is 30.3 Å². The van der Waals surface area contributed by atoms with Crippen LogP contribution in [0.15, 0.2) is 59.5 Å². The van der Waals surface area contributed by atoms with Crippen LogP contribution in [-0.4, -0.2) is 27.6 Å². The molecule has 0 amide bonds. The number of rotatable bonds is 7. The van der Waals surface area contributed by atoms with Gasteiger partial charge in [0.1, 0.15) is 18.5 Å². The summed E-state index contributed by atoms with van der Waals surface area (Å²) in [6.45, 7) is 11.4. The Hall–Kier alpha value is -2.66. The minimum atomic E-state index is -0.839. The van der Waals surface area contributed by atoms with Crippen molar-refractivity contribution in [2.24, 2.45) is 5.41 Å². The maximum absolute atomic E-state index is 12.5. The summed E-state index contributed by atoms with van der Waals surface area (Å²) in [6, 6.07) is 15.3. The van der Waals surface area contributed by atoms with E-state index in [0.717, 1.165) is 11.8 Å². The second kappa shape index (κ2) is 8.60. The van der Waals surface area contributed by atoms with Crippen LogP contribution in [0.2, 0.25) is 0 Å². The number of hydrogen-bond donors (Lipinski definition) is 1. The van der Waals surface area contributed by atoms with Gasteiger partial charge in [0, 0.05) is 5.39 Å². The standard InChI is InChI=1S/C25H32N2O3/c1-24(2,3)17-25(4,5)19-10-12-21(13-11-19)30-16-20(28)15-27-23(29)22-9-7-6-8-18(22)14-26-27/h6-14,20,28H,15-17H2,1-5H3. The summed E-state index contributed by atoms with van der Waals surface area (Å²) < 4.78 is 7.03. The lowest BCUT2D eigenvalue weighted by molar-refractivity contribution is 0.0881. The summed E-state index contributed by atoms with van der Waals surface area (Å²) in [5.41, 5.74) is 1.37. The molecule has 0 saturated heterocycles. The molecule has 1 unspecified atom stereocenters. The van der Waals surface area contributed by atoms with Crippen molar-refractivity contribution in [2.45, 2.75) is 59.1 Å². The van der Waals surface area contributed by atoms with E-state index in [-0.39, 0.29) is 29.5 Å². The van der Waals surface area contributed by atoms with Gasteiger partial charge in [-0.15, -0.1) is 0 Å². The molecule has 0 saturated carbocycles. The Balaban J connectivity index is 1.61. The van der Waals surface area contributed by atoms with Crippen LogP contribution < -0.4 is 10.3 Å². The van der Waals surface area contributed by atoms with E-state index in [4.69, 9.17) is 4.74 Å². The van der Waals surface area contributed by atoms with Gasteiger partial charge in [-0.25, -0.2) is 4.68 Å². The third-order valence-corrected chi connectivity index (χ3v) is 5.20. The van der Waals surface area contributed by atoms with Crippen molar-refractivity contribution in [3.05, 3.63) is 70.6 Å². The number of fused-ring (bicyclic) bond motifs is 1. The normalized spacial score (nSPS) is 13.4. The van der Waals surface area contributed by atoms with Crippen molar-refractivity contribution in [3.8, 4) is 5.75 Å². The molecule has 1 atom stereocenters. The summed E-state index contributed by atoms with van der Waals surface area (Å²) in [7, 11) is 0. The van der Waals surface area contributed by atoms with Crippen LogP contribution in [-0.2, 0) is 12.0 Å². The molecule has 2 aromatic carbocycles. The first-order valence-corrected chi connectivity index (χ1v) is 10.4. The lowest BCUT2D eigenvalue weighted by Crippen LogP contribution is -2.31. The quantitative estimate of drug-likeness (QED) is 0.623. The fourth-order valence-corrected chi connectivity index (χ4v) is 4.13. The first kappa shape index (κ1) is 22.0. The molecule has 3 aromatic rings. The average Bonchev–Trinajstić information content (AvgIpc) is 2.67. The number of ether oxygens (including phenoxy) is 1. The molecule has 160 valence electrons. The SMILES string of the molecule is CC(C)(C)CC(C)(C)c1ccc(OCC(O)Cn2ncc3ccccc3c2=O)cc1. The van der Waals surface area contributed by atoms with Gasteiger partial charge in [0.05, 0.1) is 18.1 Å². The van der Waals surface area contributed by atoms with E-state index in [1.54, 1.807) is 12.3 Å². The summed E-state index contributed by atoms with van der Waals surface area (Å²) in [5.74, 6) is 0.697. The molecular formula is C25H32N2O3. The molecular weight excluding hydrogens is 376 g/mol. The Morgan fingerprint density at radius 2 is 1.70 bits per heavy atom. The average molecular weight is 409 g/mol. The largest absolute Gasteiger partial charge is 0.491 e. The number of aliphatic hydroxyl groups excluding tert-OH is 1. The molecule has 1 N–H and O–H groups in total. The highest BCUT2D eigenvalue weighted by Crippen LogP contribution is 2.36. The third kappa shape index (κ3) is 5.48. The fourth-order valence-electron chi connectivity index (χ4n) is 4.13. The van der Waals surface area contributed by atoms with Crippen LogP contribution in [0, 0.1) is 5.41 Å². The zero-order valence-electron chi connectivity index (χ0n) is 18.6. The van der Waals surface area contributed by atoms with Gasteiger partial charge >= 0.3 is 0 Å². The number of benzene rings is 2. The topological polar surface area (TPSA) is 64.3 Å². The van der Waals surface area contributed by atoms with E-state index < -0.39 is 6.10 Å². The molecule has 0 aliphatic heterocycles. The molecule has 30 heavy (non-hydrogen) atoms. The van der Waals surface area contributed by atoms with Crippen molar-refractivity contribution in [1.29, 1.82) is 0 Å². The molecule has 0 aliphatic carbocycles. The minimum absolute atomic E-state index is 0.0687. The van der Waals surface area contributed by atoms with Crippen LogP contribution in [0.3, 0.4) is 0 Å². The highest BCUT2D eigenvalue weighted by atomic mass is 16.5. The van der Waals surface area contributed by atoms with Gasteiger partial charge in [-0.05, 0) is 41.0 Å². The summed E-state index contributed by atoms with van der Waals surface area (Å²) >= 11 is 0. The van der Waals surface area contributed by atoms with Crippen molar-refractivity contribution >= 4 is 10.8 Å². The van der Waals surface area contributed by atoms with Gasteiger partial charge in [-0.1, -0.05) is 65.0 Å². The molecule has 3 rings (SSSR count). The molecule has 1 heterocycles. The maximum Gasteiger partial charge on any atom is 0.274 e. The lowest BCUT2D eigenvalue weighted by Gasteiger charge is -2.33. The van der Waals surface area contributed by atoms with Crippen molar-refractivity contribution in [1.82, 2.24) is 9.78 Å². The van der Waals surface area contributed by atoms with E-state index in [9.17, 15) is 9.90 Å². The Bertz CT molecular complexity index is 1050. The number of aromatic nitrogens is 2. The number of nitrogens with zero attached hydrogens (tertiary/aromatic N) is 2. The minimum Gasteiger partial charge on any atom is -0.491 e. The van der Waals surface area contributed by atoms with Gasteiger partial charge in [0.2, 0.25) is 0 Å². The zero-order valence-corrected chi connectivity index (χ0v) is 18.6. The highest BCUT2D eigenvalue weighted by molar-refractivity contribution is 5.80. The summed E-state index contributed by atoms with van der Waals surface area (Å²) in [5, 5.41) is 15.9. The first-order chi connectivity index (χ1) is 14.0. The van der Waals surface area contributed by atoms with E-state index >= 15 is 0 Å². The van der Waals surface area contributed by atoms with E-state index in [2.05, 4.69) is 51.9 Å². The molecule has 0 fully saturated rings. The summed E-state index contributed by atoms with van der Waals surface area (Å²) in [6.07, 6.45) is 1.88. The van der Waals surface area contributed by atoms with Crippen molar-refractivity contribution in [3.63, 3.8) is 0 Å². The second-order valence-corrected chi connectivity index (χ2v) is 9.83. The Morgan fingerprint density at radius 1 is 1.03 bits per heavy atom. The van der Waals surface area contributed by atoms with Crippen molar-refractivity contribution < 1.29 is 9.84 Å². The Morgan fingerprint density at radius 3 is 2.37 bits per heavy atom. The van der Waals surface area contributed by atoms with E-state index in [1.165, 1.54) is 10.2 Å². The van der Waals surface area contributed by atoms with Gasteiger partial charge in [0.25, 0.3) is 5.56 Å². The molecule has 5 nitrogen and oxygen atoms in total. The van der Waals surface area contributed by atoms with Crippen LogP contribution in [0.1, 0.15) is 46.6 Å². The molecule has 0 spiro atoms. The molecule has 1 aromatic heterocycles. The molecule has 0 radical (unpaired) electrons. The lowest BCUT2D eigenvalue weighted by atomic mass is 9.72. The third-order valence-electron chi connectivity index (χ3n) is 5.20. The zero-order chi connectivity index (χ0) is 21.9. The highest BCUT2D eigenvalue weighted by Gasteiger charge is 2.27. The Labute approximate surface area is 178 Å². The predicted octanol–water partition coefficient (Wildman–Crippen LogP) is 4.55. The van der Waals surface area contributed by atoms with Gasteiger partial charge in [0.15, 0.2) is 0 Å². The van der Waals surface area contributed by atoms with Gasteiger partial charge in [-0.3, -0.25) is 4.79 Å². The predicted molar refractivity (Wildman–Crippen MR) is 121 cm³/mol. The monoisotopic (exact) mass is 408 g/mol. The second-order valence-electron chi connectivity index (χ2n) is 9.83. The smallest absolute Gasteiger partial charge is 0.274 e. The maximum atomic E-state index is 12.5. The van der Waals surface area contributed by atoms with Gasteiger partial charge in [-0.2, -0.15) is 5.10 Å². The van der Waals surface area contributed by atoms with Crippen LogP contribution in [0.4, 0.5) is 0 Å². The number of hydrogen-bond acceptors (Lipinski definition) is 4. The van der Waals surface area contributed by atoms with E-state index in [0.29, 0.717) is 11.1 Å². The summed E-state index contributed by atoms with van der Waals surface area (Å²) in [4.78, 5) is 12.5. The number of aliphatic hydroxyl groups is 1. The van der Waals surface area contributed by atoms with Crippen molar-refractivity contribution in [2.75, 3.05) is 6.61 Å². The van der Waals surface area contributed by atoms with Crippen LogP contribution >= 0.6 is 0 Å². The first-order valence-electron chi connectivity index (χ1n) is 10.4. The molecule has 5 heteroatoms. The fraction of sp³-hybridized carbons (Fsp3) is 0.440.